The van der Waals surface area contributed by atoms with Gasteiger partial charge in [0, 0.05) is 87.7 Å². The van der Waals surface area contributed by atoms with Gasteiger partial charge in [-0.15, -0.1) is 0 Å². The second-order valence-corrected chi connectivity index (χ2v) is 20.5. The third-order valence-electron chi connectivity index (χ3n) is 14.7. The first-order chi connectivity index (χ1) is 38.6. The number of unbranched alkanes of at least 4 members (excludes halogenated alkanes) is 2. The summed E-state index contributed by atoms with van der Waals surface area (Å²) in [6.45, 7) is 6.02. The molecule has 80 heavy (non-hydrogen) atoms. The van der Waals surface area contributed by atoms with Gasteiger partial charge in [-0.25, -0.2) is 0 Å². The molecule has 5 heterocycles. The Balaban J connectivity index is 0.739. The van der Waals surface area contributed by atoms with Gasteiger partial charge >= 0.3 is 0 Å². The van der Waals surface area contributed by atoms with Crippen LogP contribution in [0.25, 0.3) is 11.1 Å². The number of benzene rings is 4. The van der Waals surface area contributed by atoms with Gasteiger partial charge in [-0.05, 0) is 84.4 Å². The van der Waals surface area contributed by atoms with Gasteiger partial charge in [0.2, 0.25) is 29.5 Å². The zero-order valence-electron chi connectivity index (χ0n) is 45.7. The van der Waals surface area contributed by atoms with E-state index in [-0.39, 0.29) is 80.0 Å². The van der Waals surface area contributed by atoms with Crippen molar-refractivity contribution < 1.29 is 57.2 Å². The summed E-state index contributed by atoms with van der Waals surface area (Å²) in [5.74, 6) is 0.129. The number of nitrogens with zero attached hydrogens (tertiary/aromatic N) is 5. The highest BCUT2D eigenvalue weighted by atomic mass is 16.5. The molecule has 5 aliphatic heterocycles. The van der Waals surface area contributed by atoms with Crippen molar-refractivity contribution in [3.8, 4) is 28.7 Å². The van der Waals surface area contributed by atoms with E-state index in [1.54, 1.807) is 86.5 Å². The third kappa shape index (κ3) is 12.5. The topological polar surface area (TPSA) is 236 Å². The molecular formula is C60H66N8O12. The fourth-order valence-corrected chi connectivity index (χ4v) is 10.1. The van der Waals surface area contributed by atoms with Gasteiger partial charge in [-0.3, -0.25) is 48.4 Å². The number of ether oxygens (including phenoxy) is 5. The third-order valence-corrected chi connectivity index (χ3v) is 14.7. The Morgan fingerprint density at radius 3 is 1.64 bits per heavy atom. The first kappa shape index (κ1) is 55.9. The zero-order chi connectivity index (χ0) is 56.6. The van der Waals surface area contributed by atoms with E-state index in [0.29, 0.717) is 96.3 Å². The maximum Gasteiger partial charge on any atom is 0.260 e. The summed E-state index contributed by atoms with van der Waals surface area (Å²) in [6.07, 6.45) is 11.3. The van der Waals surface area contributed by atoms with Crippen LogP contribution in [0.1, 0.15) is 110 Å². The Hall–Kier alpha value is -8.81. The monoisotopic (exact) mass is 1090 g/mol. The van der Waals surface area contributed by atoms with Crippen LogP contribution in [-0.2, 0) is 24.0 Å². The lowest BCUT2D eigenvalue weighted by molar-refractivity contribution is -0.138. The van der Waals surface area contributed by atoms with Gasteiger partial charge in [0.15, 0.2) is 23.0 Å². The standard InChI is InChI=1S/C60H66N8O12/c1-35(2)56(65-53(69)11-8-7-9-22-66-54(70)20-21-55(66)71)58(73)63-36(3)57(72)64-41-16-12-37(13-17-41)39-25-42-31-61-47-29-51(49(77-5)27-45(47)59(74)67(42)33-39)79-23-10-24-80-52-30-48-46(28-50(52)78-6)60(75)68-34-40(26-43(68)32-62-48)38-14-18-44(76-4)19-15-38/h12-19,27-36,42-43,56H,7-11,20-26H2,1-6H3,(H,63,73)(H,64,72)(H,65,69)/t36-,42-,43-,56-/m0/s1. The van der Waals surface area contributed by atoms with Crippen LogP contribution < -0.4 is 39.6 Å². The van der Waals surface area contributed by atoms with Crippen molar-refractivity contribution in [2.45, 2.75) is 103 Å². The van der Waals surface area contributed by atoms with Crippen LogP contribution in [0.2, 0.25) is 0 Å². The van der Waals surface area contributed by atoms with Crippen LogP contribution in [0.4, 0.5) is 17.1 Å². The minimum absolute atomic E-state index is 0.158. The molecule has 20 heteroatoms. The molecule has 4 atom stereocenters. The van der Waals surface area contributed by atoms with Crippen LogP contribution in [0.5, 0.6) is 28.7 Å². The summed E-state index contributed by atoms with van der Waals surface area (Å²) in [5, 5.41) is 8.36. The Labute approximate surface area is 464 Å². The highest BCUT2D eigenvalue weighted by molar-refractivity contribution is 6.07. The van der Waals surface area contributed by atoms with Crippen LogP contribution in [0.15, 0.2) is 95.2 Å². The fourth-order valence-electron chi connectivity index (χ4n) is 10.1. The predicted octanol–water partition coefficient (Wildman–Crippen LogP) is 7.80. The van der Waals surface area contributed by atoms with E-state index in [2.05, 4.69) is 16.0 Å². The Bertz CT molecular complexity index is 3170. The molecule has 0 aliphatic carbocycles. The lowest BCUT2D eigenvalue weighted by Gasteiger charge is -2.24. The molecule has 418 valence electrons. The molecule has 0 saturated carbocycles. The van der Waals surface area contributed by atoms with Gasteiger partial charge in [0.25, 0.3) is 11.8 Å². The number of rotatable bonds is 23. The van der Waals surface area contributed by atoms with E-state index < -0.39 is 23.9 Å². The van der Waals surface area contributed by atoms with E-state index in [1.807, 2.05) is 48.8 Å². The highest BCUT2D eigenvalue weighted by Gasteiger charge is 2.36. The van der Waals surface area contributed by atoms with Crippen LogP contribution in [-0.4, -0.2) is 134 Å². The van der Waals surface area contributed by atoms with Crippen molar-refractivity contribution in [2.75, 3.05) is 46.4 Å². The maximum absolute atomic E-state index is 14.1. The minimum atomic E-state index is -0.921. The molecular weight excluding hydrogens is 1020 g/mol. The molecule has 0 bridgehead atoms. The molecule has 0 aromatic heterocycles. The van der Waals surface area contributed by atoms with Crippen molar-refractivity contribution in [2.24, 2.45) is 15.9 Å². The van der Waals surface area contributed by atoms with Crippen molar-refractivity contribution in [1.82, 2.24) is 25.3 Å². The average Bonchev–Trinajstić information content (AvgIpc) is 4.15. The number of fused-ring (bicyclic) bond motifs is 4. The molecule has 1 saturated heterocycles. The first-order valence-corrected chi connectivity index (χ1v) is 27.0. The number of nitrogens with one attached hydrogen (secondary N) is 3. The molecule has 4 aromatic carbocycles. The van der Waals surface area contributed by atoms with Crippen LogP contribution in [0.3, 0.4) is 0 Å². The number of anilines is 1. The molecule has 0 radical (unpaired) electrons. The number of carbonyl (C=O) groups is 7. The lowest BCUT2D eigenvalue weighted by atomic mass is 10.0. The lowest BCUT2D eigenvalue weighted by Crippen LogP contribution is -2.53. The number of carbonyl (C=O) groups excluding carboxylic acids is 7. The Morgan fingerprint density at radius 2 is 1.14 bits per heavy atom. The molecule has 20 nitrogen and oxygen atoms in total. The fraction of sp³-hybridized carbons (Fsp3) is 0.383. The second-order valence-electron chi connectivity index (χ2n) is 20.5. The van der Waals surface area contributed by atoms with Gasteiger partial charge in [0.1, 0.15) is 17.8 Å². The number of methoxy groups -OCH3 is 3. The average molecular weight is 1090 g/mol. The number of amides is 7. The summed E-state index contributed by atoms with van der Waals surface area (Å²) in [7, 11) is 4.65. The van der Waals surface area contributed by atoms with Crippen molar-refractivity contribution >= 4 is 82.0 Å². The molecule has 5 aliphatic rings. The van der Waals surface area contributed by atoms with Gasteiger partial charge in [0.05, 0.1) is 69.1 Å². The van der Waals surface area contributed by atoms with E-state index in [0.717, 1.165) is 28.0 Å². The SMILES string of the molecule is COc1ccc(C2=CN3C(=O)c4cc(OC)c(OCCCOc5cc6c(cc5OC)C(=O)N5C=C(c7ccc(NC(=O)[C@H](C)NC(=O)[C@@H](NC(=O)CCCCCN8C(=O)CCC8=O)C(C)C)cc7)C[C@H]5C=N6)cc4N=C[C@@H]3C2)cc1. The normalized spacial score (nSPS) is 17.8. The second kappa shape index (κ2) is 24.9. The number of aliphatic imine (C=N–C) groups is 2. The quantitative estimate of drug-likeness (QED) is 0.0477. The first-order valence-electron chi connectivity index (χ1n) is 27.0. The molecule has 7 amide bonds. The highest BCUT2D eigenvalue weighted by Crippen LogP contribution is 2.42. The Kier molecular flexibility index (Phi) is 17.4. The van der Waals surface area contributed by atoms with E-state index in [4.69, 9.17) is 33.7 Å². The summed E-state index contributed by atoms with van der Waals surface area (Å²) < 4.78 is 29.0. The molecule has 0 unspecified atom stereocenters. The Morgan fingerprint density at radius 1 is 0.613 bits per heavy atom. The number of hydrogen-bond donors (Lipinski definition) is 3. The molecule has 4 aromatic rings. The van der Waals surface area contributed by atoms with Crippen LogP contribution >= 0.6 is 0 Å². The number of likely N-dealkylation sites (tertiary alicyclic amines) is 1. The summed E-state index contributed by atoms with van der Waals surface area (Å²) in [5.41, 5.74) is 5.96. The maximum atomic E-state index is 14.1. The van der Waals surface area contributed by atoms with E-state index in [1.165, 1.54) is 19.1 Å². The zero-order valence-corrected chi connectivity index (χ0v) is 45.7. The number of imide groups is 1. The van der Waals surface area contributed by atoms with E-state index in [9.17, 15) is 33.6 Å². The molecule has 0 spiro atoms. The van der Waals surface area contributed by atoms with Crippen molar-refractivity contribution in [3.05, 3.63) is 107 Å². The van der Waals surface area contributed by atoms with Gasteiger partial charge in [-0.2, -0.15) is 0 Å². The predicted molar refractivity (Wildman–Crippen MR) is 300 cm³/mol. The molecule has 1 fully saturated rings. The number of hydrogen-bond acceptors (Lipinski definition) is 14. The minimum Gasteiger partial charge on any atom is -0.497 e. The molecule has 3 N–H and O–H groups in total. The van der Waals surface area contributed by atoms with Gasteiger partial charge < -0.3 is 49.4 Å². The van der Waals surface area contributed by atoms with Crippen molar-refractivity contribution in [3.63, 3.8) is 0 Å². The summed E-state index contributed by atoms with van der Waals surface area (Å²) in [6, 6.07) is 19.3. The summed E-state index contributed by atoms with van der Waals surface area (Å²) in [4.78, 5) is 105. The van der Waals surface area contributed by atoms with E-state index >= 15 is 0 Å². The summed E-state index contributed by atoms with van der Waals surface area (Å²) >= 11 is 0. The van der Waals surface area contributed by atoms with Crippen molar-refractivity contribution in [1.29, 1.82) is 0 Å². The molecule has 9 rings (SSSR count). The van der Waals surface area contributed by atoms with Crippen LogP contribution in [0, 0.1) is 5.92 Å². The van der Waals surface area contributed by atoms with Gasteiger partial charge in [-0.1, -0.05) is 44.5 Å². The largest absolute Gasteiger partial charge is 0.497 e. The smallest absolute Gasteiger partial charge is 0.260 e.